The van der Waals surface area contributed by atoms with Crippen molar-refractivity contribution in [2.24, 2.45) is 0 Å². The molecule has 4 rings (SSSR count). The van der Waals surface area contributed by atoms with Crippen molar-refractivity contribution in [3.05, 3.63) is 101 Å². The predicted octanol–water partition coefficient (Wildman–Crippen LogP) is 5.05. The summed E-state index contributed by atoms with van der Waals surface area (Å²) >= 11 is 0. The third-order valence-corrected chi connectivity index (χ3v) is 5.97. The van der Waals surface area contributed by atoms with Crippen molar-refractivity contribution in [3.8, 4) is 5.75 Å². The van der Waals surface area contributed by atoms with Gasteiger partial charge in [-0.2, -0.15) is 0 Å². The van der Waals surface area contributed by atoms with Gasteiger partial charge in [-0.3, -0.25) is 9.69 Å². The molecule has 3 aromatic carbocycles. The summed E-state index contributed by atoms with van der Waals surface area (Å²) in [6.45, 7) is 6.80. The lowest BCUT2D eigenvalue weighted by molar-refractivity contribution is -0.123. The summed E-state index contributed by atoms with van der Waals surface area (Å²) in [6, 6.07) is 25.9. The van der Waals surface area contributed by atoms with Crippen LogP contribution >= 0.6 is 0 Å². The maximum absolute atomic E-state index is 12.0. The summed E-state index contributed by atoms with van der Waals surface area (Å²) in [5, 5.41) is 2.87. The number of nitrogens with zero attached hydrogens (tertiary/aromatic N) is 1. The van der Waals surface area contributed by atoms with E-state index in [0.717, 1.165) is 31.7 Å². The number of benzene rings is 3. The van der Waals surface area contributed by atoms with Gasteiger partial charge in [0.05, 0.1) is 6.04 Å². The minimum Gasteiger partial charge on any atom is -0.484 e. The van der Waals surface area contributed by atoms with Crippen molar-refractivity contribution < 1.29 is 9.53 Å². The molecule has 1 aliphatic rings. The first-order valence-corrected chi connectivity index (χ1v) is 11.5. The Morgan fingerprint density at radius 1 is 1.06 bits per heavy atom. The molecule has 0 aromatic heterocycles. The molecule has 0 radical (unpaired) electrons. The largest absolute Gasteiger partial charge is 0.484 e. The van der Waals surface area contributed by atoms with Crippen LogP contribution in [0.15, 0.2) is 72.8 Å². The molecule has 0 saturated carbocycles. The smallest absolute Gasteiger partial charge is 0.257 e. The van der Waals surface area contributed by atoms with Gasteiger partial charge in [-0.1, -0.05) is 73.2 Å². The molecule has 0 unspecified atom stereocenters. The zero-order valence-electron chi connectivity index (χ0n) is 19.0. The normalized spacial score (nSPS) is 15.8. The fourth-order valence-corrected chi connectivity index (χ4v) is 4.44. The van der Waals surface area contributed by atoms with Crippen molar-refractivity contribution in [1.82, 2.24) is 10.2 Å². The molecule has 32 heavy (non-hydrogen) atoms. The number of carbonyl (C=O) groups is 1. The topological polar surface area (TPSA) is 41.6 Å². The number of fused-ring (bicyclic) bond motifs is 1. The van der Waals surface area contributed by atoms with Gasteiger partial charge >= 0.3 is 0 Å². The van der Waals surface area contributed by atoms with E-state index in [9.17, 15) is 4.79 Å². The number of ether oxygens (including phenoxy) is 1. The maximum Gasteiger partial charge on any atom is 0.257 e. The van der Waals surface area contributed by atoms with Gasteiger partial charge in [0.25, 0.3) is 5.91 Å². The number of carbonyl (C=O) groups excluding carboxylic acids is 1. The minimum atomic E-state index is -0.0785. The molecule has 1 N–H and O–H groups in total. The molecule has 0 saturated heterocycles. The zero-order valence-corrected chi connectivity index (χ0v) is 19.0. The Kier molecular flexibility index (Phi) is 7.23. The van der Waals surface area contributed by atoms with Crippen LogP contribution in [0.1, 0.15) is 47.2 Å². The van der Waals surface area contributed by atoms with Crippen molar-refractivity contribution in [3.63, 3.8) is 0 Å². The molecule has 1 heterocycles. The van der Waals surface area contributed by atoms with Gasteiger partial charge in [0.2, 0.25) is 0 Å². The Bertz CT molecular complexity index is 1050. The highest BCUT2D eigenvalue weighted by Gasteiger charge is 2.29. The molecule has 4 heteroatoms. The molecular weight excluding hydrogens is 396 g/mol. The average molecular weight is 429 g/mol. The van der Waals surface area contributed by atoms with Crippen LogP contribution < -0.4 is 10.1 Å². The van der Waals surface area contributed by atoms with Crippen molar-refractivity contribution in [2.75, 3.05) is 19.7 Å². The Hall–Kier alpha value is -3.11. The zero-order chi connectivity index (χ0) is 22.3. The summed E-state index contributed by atoms with van der Waals surface area (Å²) in [4.78, 5) is 14.5. The van der Waals surface area contributed by atoms with Gasteiger partial charge in [-0.15, -0.1) is 0 Å². The predicted molar refractivity (Wildman–Crippen MR) is 129 cm³/mol. The molecular formula is C28H32N2O2. The first-order chi connectivity index (χ1) is 15.6. The van der Waals surface area contributed by atoms with Crippen LogP contribution in [-0.2, 0) is 17.8 Å². The molecule has 1 atom stereocenters. The highest BCUT2D eigenvalue weighted by atomic mass is 16.5. The molecule has 0 spiro atoms. The van der Waals surface area contributed by atoms with E-state index in [1.165, 1.54) is 27.8 Å². The summed E-state index contributed by atoms with van der Waals surface area (Å²) < 4.78 is 5.85. The van der Waals surface area contributed by atoms with E-state index in [1.807, 2.05) is 13.0 Å². The van der Waals surface area contributed by atoms with E-state index in [4.69, 9.17) is 4.74 Å². The molecule has 0 aliphatic carbocycles. The fourth-order valence-electron chi connectivity index (χ4n) is 4.44. The SMILES string of the molecule is CCCNC(=O)COc1ccc2c(c1)[C@@H](c1ccccc1)N(Cc1cccc(C)c1)CC2. The number of rotatable bonds is 8. The molecule has 4 nitrogen and oxygen atoms in total. The second kappa shape index (κ2) is 10.5. The summed E-state index contributed by atoms with van der Waals surface area (Å²) in [7, 11) is 0. The third kappa shape index (κ3) is 5.38. The van der Waals surface area contributed by atoms with Gasteiger partial charge in [0.1, 0.15) is 5.75 Å². The van der Waals surface area contributed by atoms with Crippen molar-refractivity contribution in [2.45, 2.75) is 39.3 Å². The van der Waals surface area contributed by atoms with E-state index < -0.39 is 0 Å². The average Bonchev–Trinajstić information content (AvgIpc) is 2.81. The fraction of sp³-hybridized carbons (Fsp3) is 0.321. The van der Waals surface area contributed by atoms with Gasteiger partial charge in [0, 0.05) is 19.6 Å². The highest BCUT2D eigenvalue weighted by molar-refractivity contribution is 5.77. The van der Waals surface area contributed by atoms with Crippen molar-refractivity contribution in [1.29, 1.82) is 0 Å². The van der Waals surface area contributed by atoms with E-state index in [2.05, 4.69) is 83.9 Å². The lowest BCUT2D eigenvalue weighted by Crippen LogP contribution is -2.35. The van der Waals surface area contributed by atoms with Crippen LogP contribution in [-0.4, -0.2) is 30.5 Å². The van der Waals surface area contributed by atoms with Crippen LogP contribution in [0.4, 0.5) is 0 Å². The monoisotopic (exact) mass is 428 g/mol. The van der Waals surface area contributed by atoms with E-state index >= 15 is 0 Å². The summed E-state index contributed by atoms with van der Waals surface area (Å²) in [5.74, 6) is 0.666. The first kappa shape index (κ1) is 22.1. The van der Waals surface area contributed by atoms with Crippen LogP contribution in [0.3, 0.4) is 0 Å². The van der Waals surface area contributed by atoms with Gasteiger partial charge in [0.15, 0.2) is 6.61 Å². The lowest BCUT2D eigenvalue weighted by Gasteiger charge is -2.38. The molecule has 1 amide bonds. The standard InChI is InChI=1S/C28H32N2O2/c1-3-15-29-27(31)20-32-25-13-12-23-14-16-30(19-22-9-7-8-21(2)17-22)28(26(23)18-25)24-10-5-4-6-11-24/h4-13,17-18,28H,3,14-16,19-20H2,1-2H3,(H,29,31)/t28-/m1/s1. The second-order valence-corrected chi connectivity index (χ2v) is 8.52. The Balaban J connectivity index is 1.61. The van der Waals surface area contributed by atoms with Crippen molar-refractivity contribution >= 4 is 5.91 Å². The Morgan fingerprint density at radius 2 is 1.91 bits per heavy atom. The summed E-state index contributed by atoms with van der Waals surface area (Å²) in [6.07, 6.45) is 1.92. The maximum atomic E-state index is 12.0. The van der Waals surface area contributed by atoms with Gasteiger partial charge < -0.3 is 10.1 Å². The molecule has 0 fully saturated rings. The second-order valence-electron chi connectivity index (χ2n) is 8.52. The number of amides is 1. The third-order valence-electron chi connectivity index (χ3n) is 5.97. The van der Waals surface area contributed by atoms with Crippen LogP contribution in [0, 0.1) is 6.92 Å². The van der Waals surface area contributed by atoms with E-state index in [0.29, 0.717) is 6.54 Å². The number of aryl methyl sites for hydroxylation is 1. The van der Waals surface area contributed by atoms with Gasteiger partial charge in [-0.25, -0.2) is 0 Å². The van der Waals surface area contributed by atoms with Crippen LogP contribution in [0.25, 0.3) is 0 Å². The van der Waals surface area contributed by atoms with Crippen LogP contribution in [0.5, 0.6) is 5.75 Å². The lowest BCUT2D eigenvalue weighted by atomic mass is 9.87. The van der Waals surface area contributed by atoms with Gasteiger partial charge in [-0.05, 0) is 54.2 Å². The Morgan fingerprint density at radius 3 is 2.69 bits per heavy atom. The quantitative estimate of drug-likeness (QED) is 0.546. The number of hydrogen-bond acceptors (Lipinski definition) is 3. The molecule has 1 aliphatic heterocycles. The number of nitrogens with one attached hydrogen (secondary N) is 1. The molecule has 166 valence electrons. The minimum absolute atomic E-state index is 0.0434. The summed E-state index contributed by atoms with van der Waals surface area (Å²) in [5.41, 5.74) is 6.50. The first-order valence-electron chi connectivity index (χ1n) is 11.5. The van der Waals surface area contributed by atoms with E-state index in [1.54, 1.807) is 0 Å². The Labute approximate surface area is 191 Å². The molecule has 3 aromatic rings. The molecule has 0 bridgehead atoms. The number of hydrogen-bond donors (Lipinski definition) is 1. The van der Waals surface area contributed by atoms with E-state index in [-0.39, 0.29) is 18.6 Å². The highest BCUT2D eigenvalue weighted by Crippen LogP contribution is 2.38. The van der Waals surface area contributed by atoms with Crippen LogP contribution in [0.2, 0.25) is 0 Å².